The van der Waals surface area contributed by atoms with Gasteiger partial charge in [0.25, 0.3) is 0 Å². The molecule has 2 unspecified atom stereocenters. The summed E-state index contributed by atoms with van der Waals surface area (Å²) < 4.78 is 0. The maximum atomic E-state index is 12.2. The van der Waals surface area contributed by atoms with Crippen molar-refractivity contribution in [3.63, 3.8) is 0 Å². The van der Waals surface area contributed by atoms with Crippen LogP contribution < -0.4 is 5.73 Å². The standard InChI is InChI=1S/C15H24N2OS/c1-11(2)6-15(18)17-9-12(7-13(16)10-17)8-14-4-3-5-19-14/h3-5,11-13H,6-10,16H2,1-2H3. The zero-order valence-corrected chi connectivity index (χ0v) is 12.7. The normalized spacial score (nSPS) is 23.9. The maximum Gasteiger partial charge on any atom is 0.222 e. The zero-order chi connectivity index (χ0) is 13.8. The summed E-state index contributed by atoms with van der Waals surface area (Å²) in [5, 5.41) is 2.11. The lowest BCUT2D eigenvalue weighted by atomic mass is 9.91. The quantitative estimate of drug-likeness (QED) is 0.921. The van der Waals surface area contributed by atoms with Crippen molar-refractivity contribution >= 4 is 17.2 Å². The molecule has 1 aromatic heterocycles. The maximum absolute atomic E-state index is 12.2. The van der Waals surface area contributed by atoms with E-state index in [0.717, 1.165) is 25.9 Å². The SMILES string of the molecule is CC(C)CC(=O)N1CC(N)CC(Cc2cccs2)C1. The Bertz CT molecular complexity index is 402. The molecule has 3 nitrogen and oxygen atoms in total. The van der Waals surface area contributed by atoms with Gasteiger partial charge >= 0.3 is 0 Å². The third kappa shape index (κ3) is 4.32. The lowest BCUT2D eigenvalue weighted by molar-refractivity contribution is -0.134. The van der Waals surface area contributed by atoms with E-state index in [4.69, 9.17) is 5.73 Å². The summed E-state index contributed by atoms with van der Waals surface area (Å²) in [6.45, 7) is 5.78. The minimum absolute atomic E-state index is 0.134. The van der Waals surface area contributed by atoms with Gasteiger partial charge in [0, 0.05) is 30.4 Å². The molecule has 0 saturated carbocycles. The minimum atomic E-state index is 0.134. The fraction of sp³-hybridized carbons (Fsp3) is 0.667. The topological polar surface area (TPSA) is 46.3 Å². The van der Waals surface area contributed by atoms with Crippen molar-refractivity contribution in [1.82, 2.24) is 4.90 Å². The highest BCUT2D eigenvalue weighted by atomic mass is 32.1. The van der Waals surface area contributed by atoms with Gasteiger partial charge in [0.05, 0.1) is 0 Å². The lowest BCUT2D eigenvalue weighted by Gasteiger charge is -2.36. The van der Waals surface area contributed by atoms with Crippen LogP contribution in [0.5, 0.6) is 0 Å². The van der Waals surface area contributed by atoms with E-state index in [0.29, 0.717) is 18.3 Å². The Kier molecular flexibility index (Phi) is 4.99. The lowest BCUT2D eigenvalue weighted by Crippen LogP contribution is -2.50. The van der Waals surface area contributed by atoms with E-state index in [1.54, 1.807) is 11.3 Å². The highest BCUT2D eigenvalue weighted by Gasteiger charge is 2.28. The molecule has 0 radical (unpaired) electrons. The molecule has 1 aliphatic rings. The first-order chi connectivity index (χ1) is 9.04. The number of carbonyl (C=O) groups is 1. The predicted octanol–water partition coefficient (Wildman–Crippen LogP) is 2.51. The first-order valence-corrected chi connectivity index (χ1v) is 7.98. The van der Waals surface area contributed by atoms with Crippen LogP contribution in [-0.2, 0) is 11.2 Å². The number of hydrogen-bond donors (Lipinski definition) is 1. The molecule has 4 heteroatoms. The predicted molar refractivity (Wildman–Crippen MR) is 80.1 cm³/mol. The van der Waals surface area contributed by atoms with Crippen molar-refractivity contribution in [2.45, 2.75) is 39.2 Å². The summed E-state index contributed by atoms with van der Waals surface area (Å²) >= 11 is 1.79. The molecule has 1 saturated heterocycles. The number of piperidine rings is 1. The molecule has 19 heavy (non-hydrogen) atoms. The highest BCUT2D eigenvalue weighted by Crippen LogP contribution is 2.23. The van der Waals surface area contributed by atoms with Gasteiger partial charge in [-0.1, -0.05) is 19.9 Å². The third-order valence-corrected chi connectivity index (χ3v) is 4.47. The van der Waals surface area contributed by atoms with Crippen LogP contribution in [0.2, 0.25) is 0 Å². The summed E-state index contributed by atoms with van der Waals surface area (Å²) in [7, 11) is 0. The van der Waals surface area contributed by atoms with Crippen molar-refractivity contribution in [2.24, 2.45) is 17.6 Å². The minimum Gasteiger partial charge on any atom is -0.341 e. The number of nitrogens with two attached hydrogens (primary N) is 1. The number of thiophene rings is 1. The highest BCUT2D eigenvalue weighted by molar-refractivity contribution is 7.09. The Hall–Kier alpha value is -0.870. The van der Waals surface area contributed by atoms with Gasteiger partial charge in [0.15, 0.2) is 0 Å². The van der Waals surface area contributed by atoms with Crippen LogP contribution >= 0.6 is 11.3 Å². The van der Waals surface area contributed by atoms with E-state index in [9.17, 15) is 4.79 Å². The van der Waals surface area contributed by atoms with Crippen LogP contribution in [0.25, 0.3) is 0 Å². The molecule has 1 fully saturated rings. The number of carbonyl (C=O) groups excluding carboxylic acids is 1. The zero-order valence-electron chi connectivity index (χ0n) is 11.8. The smallest absolute Gasteiger partial charge is 0.222 e. The number of rotatable bonds is 4. The van der Waals surface area contributed by atoms with Crippen LogP contribution in [0.3, 0.4) is 0 Å². The van der Waals surface area contributed by atoms with E-state index in [1.165, 1.54) is 4.88 Å². The van der Waals surface area contributed by atoms with Crippen molar-refractivity contribution in [2.75, 3.05) is 13.1 Å². The van der Waals surface area contributed by atoms with Crippen molar-refractivity contribution in [3.8, 4) is 0 Å². The number of likely N-dealkylation sites (tertiary alicyclic amines) is 1. The van der Waals surface area contributed by atoms with Gasteiger partial charge in [-0.05, 0) is 36.1 Å². The van der Waals surface area contributed by atoms with E-state index in [-0.39, 0.29) is 11.9 Å². The summed E-state index contributed by atoms with van der Waals surface area (Å²) in [4.78, 5) is 15.6. The van der Waals surface area contributed by atoms with E-state index >= 15 is 0 Å². The third-order valence-electron chi connectivity index (χ3n) is 3.58. The van der Waals surface area contributed by atoms with Gasteiger partial charge in [-0.25, -0.2) is 0 Å². The number of hydrogen-bond acceptors (Lipinski definition) is 3. The molecular weight excluding hydrogens is 256 g/mol. The van der Waals surface area contributed by atoms with E-state index in [2.05, 4.69) is 31.4 Å². The Labute approximate surface area is 119 Å². The monoisotopic (exact) mass is 280 g/mol. The molecule has 2 rings (SSSR count). The van der Waals surface area contributed by atoms with Crippen molar-refractivity contribution in [3.05, 3.63) is 22.4 Å². The van der Waals surface area contributed by atoms with Gasteiger partial charge in [-0.15, -0.1) is 11.3 Å². The van der Waals surface area contributed by atoms with Gasteiger partial charge in [0.1, 0.15) is 0 Å². The Morgan fingerprint density at radius 2 is 2.32 bits per heavy atom. The van der Waals surface area contributed by atoms with Crippen molar-refractivity contribution < 1.29 is 4.79 Å². The fourth-order valence-corrected chi connectivity index (χ4v) is 3.61. The van der Waals surface area contributed by atoms with Crippen LogP contribution in [0.15, 0.2) is 17.5 Å². The summed E-state index contributed by atoms with van der Waals surface area (Å²) in [6, 6.07) is 4.39. The second-order valence-electron chi connectivity index (χ2n) is 6.04. The Balaban J connectivity index is 1.93. The van der Waals surface area contributed by atoms with E-state index in [1.807, 2.05) is 4.90 Å². The van der Waals surface area contributed by atoms with Crippen molar-refractivity contribution in [1.29, 1.82) is 0 Å². The first kappa shape index (κ1) is 14.5. The van der Waals surface area contributed by atoms with Crippen LogP contribution in [0.4, 0.5) is 0 Å². The molecule has 2 atom stereocenters. The van der Waals surface area contributed by atoms with E-state index < -0.39 is 0 Å². The number of amides is 1. The van der Waals surface area contributed by atoms with Crippen LogP contribution in [0.1, 0.15) is 31.6 Å². The molecule has 1 aromatic rings. The molecule has 106 valence electrons. The molecule has 1 amide bonds. The van der Waals surface area contributed by atoms with Gasteiger partial charge in [0.2, 0.25) is 5.91 Å². The molecule has 1 aliphatic heterocycles. The van der Waals surface area contributed by atoms with Gasteiger partial charge < -0.3 is 10.6 Å². The summed E-state index contributed by atoms with van der Waals surface area (Å²) in [5.41, 5.74) is 6.12. The van der Waals surface area contributed by atoms with Gasteiger partial charge in [-0.3, -0.25) is 4.79 Å². The van der Waals surface area contributed by atoms with Crippen LogP contribution in [-0.4, -0.2) is 29.9 Å². The van der Waals surface area contributed by atoms with Crippen LogP contribution in [0, 0.1) is 11.8 Å². The molecule has 0 spiro atoms. The van der Waals surface area contributed by atoms with Gasteiger partial charge in [-0.2, -0.15) is 0 Å². The largest absolute Gasteiger partial charge is 0.341 e. The molecule has 2 heterocycles. The fourth-order valence-electron chi connectivity index (χ4n) is 2.79. The first-order valence-electron chi connectivity index (χ1n) is 7.10. The Morgan fingerprint density at radius 1 is 1.53 bits per heavy atom. The molecule has 2 N–H and O–H groups in total. The second kappa shape index (κ2) is 6.53. The molecule has 0 aliphatic carbocycles. The molecular formula is C15H24N2OS. The summed E-state index contributed by atoms with van der Waals surface area (Å²) in [6.07, 6.45) is 2.72. The summed E-state index contributed by atoms with van der Waals surface area (Å²) in [5.74, 6) is 1.20. The number of nitrogens with zero attached hydrogens (tertiary/aromatic N) is 1. The average Bonchev–Trinajstić information content (AvgIpc) is 2.80. The average molecular weight is 280 g/mol. The second-order valence-corrected chi connectivity index (χ2v) is 7.07. The Morgan fingerprint density at radius 3 is 2.95 bits per heavy atom. The molecule has 0 bridgehead atoms. The molecule has 0 aromatic carbocycles.